The molecule has 1 aliphatic heterocycles. The quantitative estimate of drug-likeness (QED) is 0.943. The molecule has 1 fully saturated rings. The Labute approximate surface area is 134 Å². The van der Waals surface area contributed by atoms with Crippen molar-refractivity contribution in [1.82, 2.24) is 4.90 Å². The number of anilines is 1. The maximum absolute atomic E-state index is 12.3. The number of nitrogens with zero attached hydrogens (tertiary/aromatic N) is 2. The van der Waals surface area contributed by atoms with Gasteiger partial charge in [-0.2, -0.15) is 11.3 Å². The smallest absolute Gasteiger partial charge is 0.223 e. The van der Waals surface area contributed by atoms with Crippen LogP contribution >= 0.6 is 11.3 Å². The fourth-order valence-corrected chi connectivity index (χ4v) is 3.48. The molecular formula is C17H20N2O2S. The molecule has 2 heterocycles. The minimum atomic E-state index is 0.225. The molecular weight excluding hydrogens is 296 g/mol. The molecule has 0 radical (unpaired) electrons. The van der Waals surface area contributed by atoms with Gasteiger partial charge in [0.15, 0.2) is 0 Å². The number of hydrogen-bond donors (Lipinski definition) is 1. The molecule has 0 aliphatic carbocycles. The maximum atomic E-state index is 12.3. The van der Waals surface area contributed by atoms with Gasteiger partial charge >= 0.3 is 0 Å². The minimum Gasteiger partial charge on any atom is -0.506 e. The summed E-state index contributed by atoms with van der Waals surface area (Å²) in [5.74, 6) is 0.530. The number of carbonyl (C=O) groups is 1. The van der Waals surface area contributed by atoms with Crippen LogP contribution in [0.15, 0.2) is 41.1 Å². The first-order valence-electron chi connectivity index (χ1n) is 7.56. The van der Waals surface area contributed by atoms with E-state index in [1.54, 1.807) is 17.4 Å². The van der Waals surface area contributed by atoms with Gasteiger partial charge < -0.3 is 14.9 Å². The summed E-state index contributed by atoms with van der Waals surface area (Å²) in [5.41, 5.74) is 2.10. The van der Waals surface area contributed by atoms with Gasteiger partial charge in [0.05, 0.1) is 5.69 Å². The molecule has 1 amide bonds. The zero-order chi connectivity index (χ0) is 15.4. The molecule has 0 spiro atoms. The number of aromatic hydroxyl groups is 1. The number of phenolic OH excluding ortho intramolecular Hbond substituents is 1. The molecule has 4 nitrogen and oxygen atoms in total. The Morgan fingerprint density at radius 1 is 1.14 bits per heavy atom. The van der Waals surface area contributed by atoms with E-state index < -0.39 is 0 Å². The van der Waals surface area contributed by atoms with E-state index in [0.717, 1.165) is 38.3 Å². The van der Waals surface area contributed by atoms with Crippen molar-refractivity contribution >= 4 is 22.9 Å². The molecule has 0 saturated carbocycles. The summed E-state index contributed by atoms with van der Waals surface area (Å²) >= 11 is 1.67. The molecule has 1 aromatic heterocycles. The van der Waals surface area contributed by atoms with Gasteiger partial charge in [-0.25, -0.2) is 0 Å². The van der Waals surface area contributed by atoms with Gasteiger partial charge in [-0.1, -0.05) is 12.1 Å². The van der Waals surface area contributed by atoms with Crippen LogP contribution in [-0.4, -0.2) is 42.1 Å². The van der Waals surface area contributed by atoms with Crippen molar-refractivity contribution in [3.8, 4) is 5.75 Å². The van der Waals surface area contributed by atoms with Gasteiger partial charge in [0.25, 0.3) is 0 Å². The Morgan fingerprint density at radius 2 is 1.91 bits per heavy atom. The van der Waals surface area contributed by atoms with Gasteiger partial charge in [-0.3, -0.25) is 4.79 Å². The van der Waals surface area contributed by atoms with Crippen LogP contribution in [0.4, 0.5) is 5.69 Å². The normalized spacial score (nSPS) is 15.1. The third kappa shape index (κ3) is 3.42. The van der Waals surface area contributed by atoms with Crippen LogP contribution in [0.1, 0.15) is 12.0 Å². The molecule has 116 valence electrons. The predicted molar refractivity (Wildman–Crippen MR) is 89.5 cm³/mol. The first kappa shape index (κ1) is 14.9. The largest absolute Gasteiger partial charge is 0.506 e. The summed E-state index contributed by atoms with van der Waals surface area (Å²) < 4.78 is 0. The van der Waals surface area contributed by atoms with Gasteiger partial charge in [0, 0.05) is 32.6 Å². The van der Waals surface area contributed by atoms with Crippen molar-refractivity contribution in [2.24, 2.45) is 0 Å². The van der Waals surface area contributed by atoms with Crippen molar-refractivity contribution in [3.63, 3.8) is 0 Å². The summed E-state index contributed by atoms with van der Waals surface area (Å²) in [6, 6.07) is 9.45. The van der Waals surface area contributed by atoms with Crippen molar-refractivity contribution in [2.75, 3.05) is 31.1 Å². The second-order valence-corrected chi connectivity index (χ2v) is 6.27. The molecule has 5 heteroatoms. The van der Waals surface area contributed by atoms with Crippen LogP contribution in [0.25, 0.3) is 0 Å². The fourth-order valence-electron chi connectivity index (χ4n) is 2.77. The zero-order valence-corrected chi connectivity index (χ0v) is 13.3. The van der Waals surface area contributed by atoms with Crippen LogP contribution in [0.3, 0.4) is 0 Å². The number of rotatable bonds is 4. The standard InChI is InChI=1S/C17H20N2O2S/c20-16-4-2-1-3-15(16)18-8-10-19(11-9-18)17(21)6-5-14-7-12-22-13-14/h1-4,7,12-13,20H,5-6,8-11H2. The highest BCUT2D eigenvalue weighted by Crippen LogP contribution is 2.27. The first-order chi connectivity index (χ1) is 10.7. The number of phenols is 1. The maximum Gasteiger partial charge on any atom is 0.223 e. The lowest BCUT2D eigenvalue weighted by atomic mass is 10.1. The lowest BCUT2D eigenvalue weighted by molar-refractivity contribution is -0.131. The lowest BCUT2D eigenvalue weighted by Gasteiger charge is -2.36. The number of amides is 1. The summed E-state index contributed by atoms with van der Waals surface area (Å²) in [6.07, 6.45) is 1.40. The van der Waals surface area contributed by atoms with E-state index in [9.17, 15) is 9.90 Å². The molecule has 0 bridgehead atoms. The Hall–Kier alpha value is -2.01. The Morgan fingerprint density at radius 3 is 2.59 bits per heavy atom. The highest BCUT2D eigenvalue weighted by atomic mass is 32.1. The number of aryl methyl sites for hydroxylation is 1. The first-order valence-corrected chi connectivity index (χ1v) is 8.50. The Balaban J connectivity index is 1.51. The number of carbonyl (C=O) groups excluding carboxylic acids is 1. The molecule has 3 rings (SSSR count). The number of para-hydroxylation sites is 2. The van der Waals surface area contributed by atoms with E-state index in [1.165, 1.54) is 5.56 Å². The molecule has 1 aliphatic rings. The topological polar surface area (TPSA) is 43.8 Å². The zero-order valence-electron chi connectivity index (χ0n) is 12.4. The van der Waals surface area contributed by atoms with Gasteiger partial charge in [0.1, 0.15) is 5.75 Å². The van der Waals surface area contributed by atoms with Crippen LogP contribution in [-0.2, 0) is 11.2 Å². The van der Waals surface area contributed by atoms with Crippen LogP contribution < -0.4 is 4.90 Å². The SMILES string of the molecule is O=C(CCc1ccsc1)N1CCN(c2ccccc2O)CC1. The highest BCUT2D eigenvalue weighted by Gasteiger charge is 2.22. The number of hydrogen-bond acceptors (Lipinski definition) is 4. The number of piperazine rings is 1. The van der Waals surface area contributed by atoms with Crippen molar-refractivity contribution in [2.45, 2.75) is 12.8 Å². The van der Waals surface area contributed by atoms with E-state index in [0.29, 0.717) is 12.2 Å². The van der Waals surface area contributed by atoms with Crippen molar-refractivity contribution in [1.29, 1.82) is 0 Å². The molecule has 22 heavy (non-hydrogen) atoms. The summed E-state index contributed by atoms with van der Waals surface area (Å²) in [5, 5.41) is 14.1. The Kier molecular flexibility index (Phi) is 4.63. The number of thiophene rings is 1. The van der Waals surface area contributed by atoms with Crippen LogP contribution in [0.2, 0.25) is 0 Å². The monoisotopic (exact) mass is 316 g/mol. The second-order valence-electron chi connectivity index (χ2n) is 5.49. The minimum absolute atomic E-state index is 0.225. The second kappa shape index (κ2) is 6.83. The molecule has 0 unspecified atom stereocenters. The van der Waals surface area contributed by atoms with Crippen molar-refractivity contribution < 1.29 is 9.90 Å². The molecule has 1 saturated heterocycles. The molecule has 1 N–H and O–H groups in total. The fraction of sp³-hybridized carbons (Fsp3) is 0.353. The molecule has 0 atom stereocenters. The molecule has 2 aromatic rings. The van der Waals surface area contributed by atoms with E-state index in [4.69, 9.17) is 0 Å². The lowest BCUT2D eigenvalue weighted by Crippen LogP contribution is -2.48. The van der Waals surface area contributed by atoms with Gasteiger partial charge in [0.2, 0.25) is 5.91 Å². The third-order valence-electron chi connectivity index (χ3n) is 4.06. The average Bonchev–Trinajstić information content (AvgIpc) is 3.07. The third-order valence-corrected chi connectivity index (χ3v) is 4.79. The summed E-state index contributed by atoms with van der Waals surface area (Å²) in [4.78, 5) is 16.3. The van der Waals surface area contributed by atoms with E-state index in [-0.39, 0.29) is 5.91 Å². The Bertz CT molecular complexity index is 619. The van der Waals surface area contributed by atoms with E-state index >= 15 is 0 Å². The van der Waals surface area contributed by atoms with Crippen LogP contribution in [0.5, 0.6) is 5.75 Å². The molecule has 1 aromatic carbocycles. The highest BCUT2D eigenvalue weighted by molar-refractivity contribution is 7.07. The predicted octanol–water partition coefficient (Wildman–Crippen LogP) is 2.74. The van der Waals surface area contributed by atoms with E-state index in [2.05, 4.69) is 16.3 Å². The van der Waals surface area contributed by atoms with Crippen molar-refractivity contribution in [3.05, 3.63) is 46.7 Å². The average molecular weight is 316 g/mol. The number of benzene rings is 1. The summed E-state index contributed by atoms with van der Waals surface area (Å²) in [6.45, 7) is 2.97. The van der Waals surface area contributed by atoms with Crippen LogP contribution in [0, 0.1) is 0 Å². The van der Waals surface area contributed by atoms with Gasteiger partial charge in [-0.05, 0) is 40.9 Å². The van der Waals surface area contributed by atoms with E-state index in [1.807, 2.05) is 28.5 Å². The van der Waals surface area contributed by atoms with Gasteiger partial charge in [-0.15, -0.1) is 0 Å². The summed E-state index contributed by atoms with van der Waals surface area (Å²) in [7, 11) is 0.